The first-order valence-corrected chi connectivity index (χ1v) is 8.80. The van der Waals surface area contributed by atoms with Crippen LogP contribution in [0.15, 0.2) is 71.9 Å². The van der Waals surface area contributed by atoms with Crippen LogP contribution in [-0.4, -0.2) is 16.0 Å². The third kappa shape index (κ3) is 3.06. The number of hydrogen-bond donors (Lipinski definition) is 0. The minimum Gasteiger partial charge on any atom is -0.241 e. The van der Waals surface area contributed by atoms with Crippen molar-refractivity contribution in [1.29, 1.82) is 0 Å². The molecule has 106 valence electrons. The molecule has 0 aliphatic heterocycles. The zero-order chi connectivity index (χ0) is 14.7. The number of rotatable bonds is 4. The van der Waals surface area contributed by atoms with Gasteiger partial charge in [0.25, 0.3) is 0 Å². The van der Waals surface area contributed by atoms with Crippen LogP contribution in [0, 0.1) is 0 Å². The molecule has 0 radical (unpaired) electrons. The van der Waals surface area contributed by atoms with E-state index >= 15 is 0 Å². The van der Waals surface area contributed by atoms with E-state index in [-0.39, 0.29) is 4.83 Å². The van der Waals surface area contributed by atoms with Gasteiger partial charge in [0.1, 0.15) is 0 Å². The highest BCUT2D eigenvalue weighted by Crippen LogP contribution is 2.36. The lowest BCUT2D eigenvalue weighted by Gasteiger charge is -2.12. The molecular weight excluding hydrogens is 344 g/mol. The van der Waals surface area contributed by atoms with Gasteiger partial charge >= 0.3 is 0 Å². The summed E-state index contributed by atoms with van der Waals surface area (Å²) in [5, 5.41) is 4.47. The Morgan fingerprint density at radius 3 is 2.52 bits per heavy atom. The zero-order valence-corrected chi connectivity index (χ0v) is 14.0. The third-order valence-corrected chi connectivity index (χ3v) is 5.16. The summed E-state index contributed by atoms with van der Waals surface area (Å²) in [5.41, 5.74) is 3.50. The molecule has 1 atom stereocenters. The molecule has 1 heterocycles. The van der Waals surface area contributed by atoms with E-state index in [0.717, 1.165) is 11.3 Å². The summed E-state index contributed by atoms with van der Waals surface area (Å²) in [6.07, 6.45) is 6.10. The van der Waals surface area contributed by atoms with E-state index < -0.39 is 0 Å². The average molecular weight is 359 g/mol. The van der Waals surface area contributed by atoms with Crippen molar-refractivity contribution in [3.05, 3.63) is 78.1 Å². The molecule has 0 fully saturated rings. The first kappa shape index (κ1) is 14.4. The molecule has 0 saturated heterocycles. The smallest absolute Gasteiger partial charge is 0.0686 e. The van der Waals surface area contributed by atoms with Gasteiger partial charge < -0.3 is 0 Å². The minimum absolute atomic E-state index is 0.151. The lowest BCUT2D eigenvalue weighted by atomic mass is 10.1. The van der Waals surface area contributed by atoms with Crippen molar-refractivity contribution < 1.29 is 0 Å². The highest BCUT2D eigenvalue weighted by atomic mass is 79.9. The van der Waals surface area contributed by atoms with E-state index in [9.17, 15) is 0 Å². The Hall–Kier alpha value is -1.52. The van der Waals surface area contributed by atoms with Gasteiger partial charge in [0, 0.05) is 16.7 Å². The van der Waals surface area contributed by atoms with Gasteiger partial charge in [-0.2, -0.15) is 5.10 Å². The number of halogens is 1. The molecule has 4 heteroatoms. The van der Waals surface area contributed by atoms with Gasteiger partial charge in [0.05, 0.1) is 16.7 Å². The number of nitrogens with zero attached hydrogens (tertiary/aromatic N) is 2. The van der Waals surface area contributed by atoms with E-state index in [1.165, 1.54) is 10.5 Å². The highest BCUT2D eigenvalue weighted by Gasteiger charge is 2.15. The maximum absolute atomic E-state index is 4.47. The van der Waals surface area contributed by atoms with E-state index in [1.807, 2.05) is 29.1 Å². The first-order chi connectivity index (χ1) is 10.3. The minimum atomic E-state index is 0.151. The van der Waals surface area contributed by atoms with Crippen LogP contribution in [0.5, 0.6) is 0 Å². The monoisotopic (exact) mass is 358 g/mol. The summed E-state index contributed by atoms with van der Waals surface area (Å²) < 4.78 is 1.91. The lowest BCUT2D eigenvalue weighted by molar-refractivity contribution is 0.880. The molecular formula is C17H15BrN2S. The third-order valence-electron chi connectivity index (χ3n) is 3.33. The summed E-state index contributed by atoms with van der Waals surface area (Å²) in [6.45, 7) is 0. The van der Waals surface area contributed by atoms with E-state index in [4.69, 9.17) is 0 Å². The topological polar surface area (TPSA) is 17.8 Å². The second kappa shape index (κ2) is 6.50. The van der Waals surface area contributed by atoms with Gasteiger partial charge in [-0.3, -0.25) is 0 Å². The van der Waals surface area contributed by atoms with Crippen molar-refractivity contribution in [3.63, 3.8) is 0 Å². The molecule has 0 amide bonds. The van der Waals surface area contributed by atoms with Crippen LogP contribution in [0.1, 0.15) is 16.0 Å². The van der Waals surface area contributed by atoms with Crippen LogP contribution in [0.25, 0.3) is 5.69 Å². The Balaban J connectivity index is 1.93. The predicted octanol–water partition coefficient (Wildman–Crippen LogP) is 5.08. The number of para-hydroxylation sites is 1. The maximum Gasteiger partial charge on any atom is 0.0686 e. The highest BCUT2D eigenvalue weighted by molar-refractivity contribution is 9.09. The van der Waals surface area contributed by atoms with Crippen molar-refractivity contribution in [2.24, 2.45) is 0 Å². The molecule has 1 aromatic heterocycles. The predicted molar refractivity (Wildman–Crippen MR) is 92.6 cm³/mol. The Labute approximate surface area is 137 Å². The molecule has 3 aromatic rings. The zero-order valence-electron chi connectivity index (χ0n) is 11.6. The van der Waals surface area contributed by atoms with Crippen molar-refractivity contribution >= 4 is 27.7 Å². The molecule has 3 rings (SSSR count). The average Bonchev–Trinajstić information content (AvgIpc) is 3.05. The molecule has 0 aliphatic carbocycles. The van der Waals surface area contributed by atoms with Gasteiger partial charge in [-0.05, 0) is 30.0 Å². The normalized spacial score (nSPS) is 12.3. The molecule has 0 spiro atoms. The van der Waals surface area contributed by atoms with Crippen LogP contribution in [0.3, 0.4) is 0 Å². The summed E-state index contributed by atoms with van der Waals surface area (Å²) in [5.74, 6) is 0. The van der Waals surface area contributed by atoms with Crippen LogP contribution in [0.2, 0.25) is 0 Å². The van der Waals surface area contributed by atoms with Gasteiger partial charge in [-0.25, -0.2) is 4.68 Å². The van der Waals surface area contributed by atoms with Crippen LogP contribution in [-0.2, 0) is 0 Å². The van der Waals surface area contributed by atoms with Crippen molar-refractivity contribution in [2.75, 3.05) is 6.26 Å². The van der Waals surface area contributed by atoms with Gasteiger partial charge in [-0.15, -0.1) is 11.8 Å². The largest absolute Gasteiger partial charge is 0.241 e. The molecule has 0 N–H and O–H groups in total. The van der Waals surface area contributed by atoms with Crippen LogP contribution < -0.4 is 0 Å². The molecule has 0 aliphatic rings. The number of alkyl halides is 1. The van der Waals surface area contributed by atoms with Gasteiger partial charge in [0.15, 0.2) is 0 Å². The van der Waals surface area contributed by atoms with E-state index in [1.54, 1.807) is 11.8 Å². The molecule has 0 bridgehead atoms. The Morgan fingerprint density at radius 2 is 1.76 bits per heavy atom. The van der Waals surface area contributed by atoms with Crippen LogP contribution >= 0.6 is 27.7 Å². The maximum atomic E-state index is 4.47. The van der Waals surface area contributed by atoms with Crippen molar-refractivity contribution in [1.82, 2.24) is 9.78 Å². The summed E-state index contributed by atoms with van der Waals surface area (Å²) >= 11 is 5.57. The Bertz CT molecular complexity index is 724. The number of thioether (sulfide) groups is 1. The fourth-order valence-electron chi connectivity index (χ4n) is 2.24. The Morgan fingerprint density at radius 1 is 1.05 bits per heavy atom. The standard InChI is InChI=1S/C17H15BrN2S/c1-21-16-10-6-5-9-15(16)17(18)13-11-19-20(12-13)14-7-3-2-4-8-14/h2-12,17H,1H3. The summed E-state index contributed by atoms with van der Waals surface area (Å²) in [4.78, 5) is 1.44. The molecule has 0 saturated carbocycles. The van der Waals surface area contributed by atoms with Gasteiger partial charge in [-0.1, -0.05) is 52.3 Å². The fourth-order valence-corrected chi connectivity index (χ4v) is 3.67. The molecule has 2 nitrogen and oxygen atoms in total. The number of aromatic nitrogens is 2. The molecule has 2 aromatic carbocycles. The molecule has 1 unspecified atom stereocenters. The summed E-state index contributed by atoms with van der Waals surface area (Å²) in [6, 6.07) is 18.6. The van der Waals surface area contributed by atoms with Crippen LogP contribution in [0.4, 0.5) is 0 Å². The van der Waals surface area contributed by atoms with Crippen molar-refractivity contribution in [2.45, 2.75) is 9.72 Å². The van der Waals surface area contributed by atoms with Crippen molar-refractivity contribution in [3.8, 4) is 5.69 Å². The number of hydrogen-bond acceptors (Lipinski definition) is 2. The van der Waals surface area contributed by atoms with Gasteiger partial charge in [0.2, 0.25) is 0 Å². The molecule has 21 heavy (non-hydrogen) atoms. The quantitative estimate of drug-likeness (QED) is 0.478. The second-order valence-electron chi connectivity index (χ2n) is 4.66. The first-order valence-electron chi connectivity index (χ1n) is 6.66. The van der Waals surface area contributed by atoms with E-state index in [2.05, 4.69) is 69.9 Å². The van der Waals surface area contributed by atoms with E-state index in [0.29, 0.717) is 0 Å². The Kier molecular flexibility index (Phi) is 4.46. The second-order valence-corrected chi connectivity index (χ2v) is 6.42. The SMILES string of the molecule is CSc1ccccc1C(Br)c1cnn(-c2ccccc2)c1. The fraction of sp³-hybridized carbons (Fsp3) is 0.118. The lowest BCUT2D eigenvalue weighted by Crippen LogP contribution is -1.95. The number of benzene rings is 2. The summed E-state index contributed by atoms with van der Waals surface area (Å²) in [7, 11) is 0.